The van der Waals surface area contributed by atoms with E-state index in [0.717, 1.165) is 65.6 Å². The molecule has 1 aliphatic heterocycles. The van der Waals surface area contributed by atoms with Crippen LogP contribution in [-0.2, 0) is 36.2 Å². The molecule has 1 aromatic heterocycles. The predicted octanol–water partition coefficient (Wildman–Crippen LogP) is 9.79. The fourth-order valence-electron chi connectivity index (χ4n) is 10.5. The number of aryl methyl sites for hydroxylation is 2. The molecule has 0 amide bonds. The van der Waals surface area contributed by atoms with E-state index < -0.39 is 29.7 Å². The number of phenolic OH excluding ortho intramolecular Hbond substituents is 2. The van der Waals surface area contributed by atoms with Crippen molar-refractivity contribution in [2.24, 2.45) is 28.7 Å². The minimum atomic E-state index is -0.798. The lowest BCUT2D eigenvalue weighted by Crippen LogP contribution is -2.22. The molecule has 5 aromatic rings. The van der Waals surface area contributed by atoms with Gasteiger partial charge in [-0.2, -0.15) is 0 Å². The van der Waals surface area contributed by atoms with Gasteiger partial charge in [0.15, 0.2) is 23.1 Å². The number of allylic oxidation sites excluding steroid dienone is 2. The first-order chi connectivity index (χ1) is 33.3. The number of nitrogens with two attached hydrogens (primary N) is 2. The van der Waals surface area contributed by atoms with Gasteiger partial charge >= 0.3 is 0 Å². The first-order valence-electron chi connectivity index (χ1n) is 24.3. The van der Waals surface area contributed by atoms with Crippen molar-refractivity contribution in [3.8, 4) is 29.1 Å². The van der Waals surface area contributed by atoms with Gasteiger partial charge in [0.1, 0.15) is 5.75 Å². The van der Waals surface area contributed by atoms with Crippen LogP contribution in [0.1, 0.15) is 131 Å². The number of aliphatic hydroxyl groups is 2. The number of H-pyrrole nitrogens is 1. The summed E-state index contributed by atoms with van der Waals surface area (Å²) < 4.78 is 6.16. The van der Waals surface area contributed by atoms with Crippen LogP contribution in [0.4, 0.5) is 0 Å². The number of phenols is 2. The first-order valence-corrected chi connectivity index (χ1v) is 26.8. The van der Waals surface area contributed by atoms with Gasteiger partial charge in [-0.05, 0) is 145 Å². The molecule has 2 aliphatic carbocycles. The molecule has 4 aromatic carbocycles. The van der Waals surface area contributed by atoms with Crippen LogP contribution < -0.4 is 16.2 Å². The van der Waals surface area contributed by atoms with Crippen LogP contribution >= 0.6 is 21.6 Å². The summed E-state index contributed by atoms with van der Waals surface area (Å²) in [6.45, 7) is 2.07. The van der Waals surface area contributed by atoms with E-state index >= 15 is 0 Å². The van der Waals surface area contributed by atoms with Crippen LogP contribution in [0.2, 0.25) is 0 Å². The summed E-state index contributed by atoms with van der Waals surface area (Å²) in [5.74, 6) is 7.83. The molecule has 9 N–H and O–H groups in total. The highest BCUT2D eigenvalue weighted by atomic mass is 33.1. The number of fused-ring (bicyclic) bond motifs is 9. The number of nitrogens with one attached hydrogen (secondary N) is 1. The Bertz CT molecular complexity index is 2690. The molecule has 8 bridgehead atoms. The maximum Gasteiger partial charge on any atom is 0.165 e. The smallest absolute Gasteiger partial charge is 0.165 e. The molecule has 362 valence electrons. The number of benzene rings is 4. The van der Waals surface area contributed by atoms with Crippen molar-refractivity contribution in [2.45, 2.75) is 114 Å². The number of aromatic hydroxyl groups is 2. The minimum absolute atomic E-state index is 0.00626. The summed E-state index contributed by atoms with van der Waals surface area (Å²) in [5.41, 5.74) is 20.6. The molecule has 0 spiro atoms. The zero-order valence-electron chi connectivity index (χ0n) is 39.4. The molecule has 10 nitrogen and oxygen atoms in total. The van der Waals surface area contributed by atoms with E-state index in [0.29, 0.717) is 66.0 Å². The molecular weight excluding hydrogens is 903 g/mol. The van der Waals surface area contributed by atoms with E-state index in [2.05, 4.69) is 53.2 Å². The summed E-state index contributed by atoms with van der Waals surface area (Å²) >= 11 is 0. The normalized spacial score (nSPS) is 22.0. The zero-order chi connectivity index (χ0) is 48.5. The Labute approximate surface area is 414 Å². The van der Waals surface area contributed by atoms with Crippen molar-refractivity contribution < 1.29 is 34.8 Å². The van der Waals surface area contributed by atoms with Crippen LogP contribution in [0.25, 0.3) is 0 Å². The number of aliphatic hydroxyl groups excluding tert-OH is 2. The SMILES string of the molecule is CC(O)CC(CCc1ccccc1)CCC12C=CC(=O)CCc3ccc(O)c(c3)OCCc3ccc(O)c(c3)C3CC(=O)c4cc[nH]c4CC#Cc4cc(C(N)N)c(cc43)CSSCC(C1)C(O)C2. The summed E-state index contributed by atoms with van der Waals surface area (Å²) in [4.78, 5) is 31.1. The summed E-state index contributed by atoms with van der Waals surface area (Å²) in [5, 5.41) is 44.7. The third-order valence-electron chi connectivity index (χ3n) is 14.3. The van der Waals surface area contributed by atoms with E-state index in [1.165, 1.54) is 5.56 Å². The van der Waals surface area contributed by atoms with E-state index in [4.69, 9.17) is 16.2 Å². The Kier molecular flexibility index (Phi) is 16.8. The average Bonchev–Trinajstić information content (AvgIpc) is 3.94. The van der Waals surface area contributed by atoms with Crippen molar-refractivity contribution >= 4 is 33.2 Å². The minimum Gasteiger partial charge on any atom is -0.508 e. The van der Waals surface area contributed by atoms with Gasteiger partial charge in [-0.25, -0.2) is 0 Å². The maximum absolute atomic E-state index is 14.2. The fourth-order valence-corrected chi connectivity index (χ4v) is 13.0. The van der Waals surface area contributed by atoms with E-state index in [-0.39, 0.29) is 54.3 Å². The van der Waals surface area contributed by atoms with E-state index in [1.807, 2.05) is 31.2 Å². The Balaban J connectivity index is 1.12. The van der Waals surface area contributed by atoms with E-state index in [1.54, 1.807) is 64.2 Å². The van der Waals surface area contributed by atoms with Gasteiger partial charge in [0.05, 0.1) is 31.4 Å². The van der Waals surface area contributed by atoms with Gasteiger partial charge < -0.3 is 41.6 Å². The molecule has 6 unspecified atom stereocenters. The third-order valence-corrected chi connectivity index (χ3v) is 16.7. The molecule has 1 saturated carbocycles. The second kappa shape index (κ2) is 23.1. The second-order valence-corrected chi connectivity index (χ2v) is 22.0. The monoisotopic (exact) mass is 967 g/mol. The van der Waals surface area contributed by atoms with Gasteiger partial charge in [0.2, 0.25) is 0 Å². The lowest BCUT2D eigenvalue weighted by atomic mass is 9.76. The summed E-state index contributed by atoms with van der Waals surface area (Å²) in [6, 6.07) is 26.8. The van der Waals surface area contributed by atoms with Crippen LogP contribution in [-0.4, -0.2) is 61.5 Å². The van der Waals surface area contributed by atoms with Crippen LogP contribution in [0, 0.1) is 29.1 Å². The standard InChI is InChI=1S/C57H65N3O7S2/c1-36(61)26-39(11-10-37-6-3-2-4-7-37)18-22-57-23-19-44(62)15-12-38-14-17-52(64)55(28-38)67-25-21-40-13-16-51(63)49(27-40)48-31-53(65)45-20-24-60-50(45)9-5-8-41-29-47(56(58)59)42(30-46(41)48)34-68-69-35-43(32-57)54(66)33-57/h2-4,6-7,13-14,16-17,19-20,23-24,27-30,36,39,43,48,54,56,60-61,63-64,66H,9-12,15,18,21-22,25-26,31-35,58-59H2,1H3. The zero-order valence-corrected chi connectivity index (χ0v) is 41.0. The molecular formula is C57H65N3O7S2. The quantitative estimate of drug-likeness (QED) is 0.0423. The van der Waals surface area contributed by atoms with Gasteiger partial charge in [0.25, 0.3) is 0 Å². The van der Waals surface area contributed by atoms with Crippen molar-refractivity contribution in [1.82, 2.24) is 4.98 Å². The number of aromatic amines is 1. The highest BCUT2D eigenvalue weighted by Crippen LogP contribution is 2.50. The summed E-state index contributed by atoms with van der Waals surface area (Å²) in [7, 11) is 3.35. The topological polar surface area (TPSA) is 192 Å². The molecule has 69 heavy (non-hydrogen) atoms. The highest BCUT2D eigenvalue weighted by molar-refractivity contribution is 8.76. The lowest BCUT2D eigenvalue weighted by molar-refractivity contribution is -0.114. The van der Waals surface area contributed by atoms with Crippen LogP contribution in [0.5, 0.6) is 17.2 Å². The number of aromatic nitrogens is 1. The largest absolute Gasteiger partial charge is 0.508 e. The van der Waals surface area contributed by atoms with Crippen molar-refractivity contribution in [2.75, 3.05) is 12.4 Å². The average molecular weight is 968 g/mol. The fraction of sp³-hybridized carbons (Fsp3) is 0.404. The number of Topliss-reactive ketones (excluding diaryl/α,β-unsaturated/α-hetero) is 1. The highest BCUT2D eigenvalue weighted by Gasteiger charge is 2.43. The number of carbonyl (C=O) groups is 2. The third kappa shape index (κ3) is 12.9. The molecule has 0 radical (unpaired) electrons. The predicted molar refractivity (Wildman–Crippen MR) is 276 cm³/mol. The number of ether oxygens (including phenoxy) is 1. The number of ketones is 2. The van der Waals surface area contributed by atoms with E-state index in [9.17, 15) is 30.0 Å². The Morgan fingerprint density at radius 1 is 0.899 bits per heavy atom. The number of hydrogen-bond donors (Lipinski definition) is 7. The van der Waals surface area contributed by atoms with Gasteiger partial charge in [-0.15, -0.1) is 0 Å². The Morgan fingerprint density at radius 2 is 1.70 bits per heavy atom. The molecule has 6 atom stereocenters. The number of carbonyl (C=O) groups excluding carboxylic acids is 2. The lowest BCUT2D eigenvalue weighted by Gasteiger charge is -2.29. The second-order valence-electron chi connectivity index (χ2n) is 19.4. The van der Waals surface area contributed by atoms with Gasteiger partial charge in [-0.3, -0.25) is 9.59 Å². The van der Waals surface area contributed by atoms with Crippen LogP contribution in [0.3, 0.4) is 0 Å². The van der Waals surface area contributed by atoms with Gasteiger partial charge in [0, 0.05) is 65.3 Å². The molecule has 0 saturated heterocycles. The molecule has 8 rings (SSSR count). The Hall–Kier alpha value is -5.26. The maximum atomic E-state index is 14.2. The van der Waals surface area contributed by atoms with Gasteiger partial charge in [-0.1, -0.05) is 94.1 Å². The molecule has 3 aliphatic rings. The Morgan fingerprint density at radius 3 is 2.49 bits per heavy atom. The number of hydrogen-bond acceptors (Lipinski definition) is 11. The molecule has 1 fully saturated rings. The molecule has 12 heteroatoms. The first kappa shape index (κ1) is 50.1. The number of rotatable bonds is 9. The summed E-state index contributed by atoms with van der Waals surface area (Å²) in [6.07, 6.45) is 10.8. The van der Waals surface area contributed by atoms with Crippen LogP contribution in [0.15, 0.2) is 103 Å². The van der Waals surface area contributed by atoms with Crippen molar-refractivity contribution in [3.63, 3.8) is 0 Å². The molecule has 2 heterocycles. The van der Waals surface area contributed by atoms with Crippen molar-refractivity contribution in [1.29, 1.82) is 0 Å². The van der Waals surface area contributed by atoms with Crippen molar-refractivity contribution in [3.05, 3.63) is 159 Å².